The number of nitrogens with one attached hydrogen (secondary N) is 1. The summed E-state index contributed by atoms with van der Waals surface area (Å²) in [6.45, 7) is 2.00. The second kappa shape index (κ2) is 8.02. The van der Waals surface area contributed by atoms with E-state index in [9.17, 15) is 4.79 Å². The van der Waals surface area contributed by atoms with Gasteiger partial charge in [0.2, 0.25) is 0 Å². The van der Waals surface area contributed by atoms with Gasteiger partial charge in [-0.05, 0) is 58.6 Å². The van der Waals surface area contributed by atoms with E-state index in [0.29, 0.717) is 25.3 Å². The van der Waals surface area contributed by atoms with E-state index < -0.39 is 0 Å². The molecule has 1 aliphatic heterocycles. The molecular formula is C20H22BrNO3. The number of hydrogen-bond acceptors (Lipinski definition) is 3. The minimum atomic E-state index is -0.110. The minimum absolute atomic E-state index is 0.0631. The summed E-state index contributed by atoms with van der Waals surface area (Å²) in [5, 5.41) is 3.12. The van der Waals surface area contributed by atoms with Gasteiger partial charge in [-0.1, -0.05) is 24.3 Å². The minimum Gasteiger partial charge on any atom is -0.497 e. The van der Waals surface area contributed by atoms with Gasteiger partial charge in [-0.25, -0.2) is 0 Å². The maximum Gasteiger partial charge on any atom is 0.252 e. The van der Waals surface area contributed by atoms with Crippen LogP contribution in [0.1, 0.15) is 28.8 Å². The van der Waals surface area contributed by atoms with Crippen molar-refractivity contribution < 1.29 is 14.3 Å². The van der Waals surface area contributed by atoms with Crippen molar-refractivity contribution in [1.82, 2.24) is 5.32 Å². The highest BCUT2D eigenvalue weighted by molar-refractivity contribution is 9.10. The van der Waals surface area contributed by atoms with Gasteiger partial charge < -0.3 is 14.8 Å². The predicted octanol–water partition coefficient (Wildman–Crippen LogP) is 3.94. The molecule has 3 rings (SSSR count). The smallest absolute Gasteiger partial charge is 0.252 e. The van der Waals surface area contributed by atoms with Gasteiger partial charge in [-0.15, -0.1) is 0 Å². The number of rotatable bonds is 5. The second-order valence-corrected chi connectivity index (χ2v) is 7.14. The fourth-order valence-corrected chi connectivity index (χ4v) is 3.73. The average molecular weight is 404 g/mol. The van der Waals surface area contributed by atoms with E-state index >= 15 is 0 Å². The molecule has 0 unspecified atom stereocenters. The van der Waals surface area contributed by atoms with Crippen molar-refractivity contribution in [1.29, 1.82) is 0 Å². The van der Waals surface area contributed by atoms with Crippen LogP contribution in [0.3, 0.4) is 0 Å². The lowest BCUT2D eigenvalue weighted by Crippen LogP contribution is -2.44. The van der Waals surface area contributed by atoms with Gasteiger partial charge in [0.25, 0.3) is 5.91 Å². The molecule has 0 spiro atoms. The normalized spacial score (nSPS) is 16.2. The number of halogens is 1. The zero-order chi connectivity index (χ0) is 17.7. The summed E-state index contributed by atoms with van der Waals surface area (Å²) in [7, 11) is 1.66. The first-order valence-corrected chi connectivity index (χ1v) is 9.19. The zero-order valence-corrected chi connectivity index (χ0v) is 15.8. The van der Waals surface area contributed by atoms with Crippen LogP contribution in [-0.4, -0.2) is 32.8 Å². The summed E-state index contributed by atoms with van der Waals surface area (Å²) in [6, 6.07) is 15.6. The van der Waals surface area contributed by atoms with Crippen LogP contribution in [0.25, 0.3) is 0 Å². The Balaban J connectivity index is 1.79. The van der Waals surface area contributed by atoms with Crippen LogP contribution < -0.4 is 10.1 Å². The van der Waals surface area contributed by atoms with E-state index in [4.69, 9.17) is 9.47 Å². The van der Waals surface area contributed by atoms with Crippen LogP contribution in [-0.2, 0) is 10.2 Å². The van der Waals surface area contributed by atoms with E-state index in [1.165, 1.54) is 5.56 Å². The first-order chi connectivity index (χ1) is 12.1. The number of ether oxygens (including phenoxy) is 2. The van der Waals surface area contributed by atoms with Crippen molar-refractivity contribution in [3.63, 3.8) is 0 Å². The van der Waals surface area contributed by atoms with E-state index in [2.05, 4.69) is 33.4 Å². The third-order valence-corrected chi connectivity index (χ3v) is 5.55. The zero-order valence-electron chi connectivity index (χ0n) is 14.3. The molecule has 132 valence electrons. The summed E-state index contributed by atoms with van der Waals surface area (Å²) in [5.41, 5.74) is 1.75. The number of methoxy groups -OCH3 is 1. The Morgan fingerprint density at radius 3 is 2.48 bits per heavy atom. The van der Waals surface area contributed by atoms with Gasteiger partial charge in [-0.2, -0.15) is 0 Å². The van der Waals surface area contributed by atoms with Gasteiger partial charge in [0.1, 0.15) is 5.75 Å². The Morgan fingerprint density at radius 2 is 1.84 bits per heavy atom. The lowest BCUT2D eigenvalue weighted by molar-refractivity contribution is 0.0487. The molecule has 0 atom stereocenters. The third kappa shape index (κ3) is 4.05. The van der Waals surface area contributed by atoms with Crippen LogP contribution in [0.5, 0.6) is 5.75 Å². The molecule has 1 amide bonds. The Kier molecular flexibility index (Phi) is 5.76. The number of amides is 1. The number of carbonyl (C=O) groups excluding carboxylic acids is 1. The number of benzene rings is 2. The SMILES string of the molecule is COc1ccc(C2(CNC(=O)c3ccccc3Br)CCOCC2)cc1. The summed E-state index contributed by atoms with van der Waals surface area (Å²) in [6.07, 6.45) is 1.77. The Morgan fingerprint density at radius 1 is 1.16 bits per heavy atom. The summed E-state index contributed by atoms with van der Waals surface area (Å²) in [4.78, 5) is 12.6. The molecular weight excluding hydrogens is 382 g/mol. The largest absolute Gasteiger partial charge is 0.497 e. The molecule has 1 N–H and O–H groups in total. The van der Waals surface area contributed by atoms with Crippen molar-refractivity contribution >= 4 is 21.8 Å². The number of carbonyl (C=O) groups is 1. The topological polar surface area (TPSA) is 47.6 Å². The van der Waals surface area contributed by atoms with Crippen molar-refractivity contribution in [2.45, 2.75) is 18.3 Å². The van der Waals surface area contributed by atoms with Gasteiger partial charge >= 0.3 is 0 Å². The van der Waals surface area contributed by atoms with Crippen LogP contribution in [0.15, 0.2) is 53.0 Å². The molecule has 0 aromatic heterocycles. The monoisotopic (exact) mass is 403 g/mol. The molecule has 0 bridgehead atoms. The molecule has 0 aliphatic carbocycles. The maximum atomic E-state index is 12.6. The molecule has 1 saturated heterocycles. The summed E-state index contributed by atoms with van der Waals surface area (Å²) < 4.78 is 11.6. The molecule has 0 saturated carbocycles. The summed E-state index contributed by atoms with van der Waals surface area (Å²) >= 11 is 3.44. The molecule has 2 aromatic rings. The highest BCUT2D eigenvalue weighted by atomic mass is 79.9. The summed E-state index contributed by atoms with van der Waals surface area (Å²) in [5.74, 6) is 0.773. The molecule has 0 radical (unpaired) electrons. The highest BCUT2D eigenvalue weighted by Crippen LogP contribution is 2.35. The van der Waals surface area contributed by atoms with Crippen molar-refractivity contribution in [2.24, 2.45) is 0 Å². The predicted molar refractivity (Wildman–Crippen MR) is 101 cm³/mol. The van der Waals surface area contributed by atoms with E-state index in [0.717, 1.165) is 23.1 Å². The Bertz CT molecular complexity index is 724. The van der Waals surface area contributed by atoms with Crippen LogP contribution in [0.2, 0.25) is 0 Å². The molecule has 1 fully saturated rings. The second-order valence-electron chi connectivity index (χ2n) is 6.28. The van der Waals surface area contributed by atoms with E-state index in [1.54, 1.807) is 7.11 Å². The van der Waals surface area contributed by atoms with Crippen molar-refractivity contribution in [3.05, 3.63) is 64.1 Å². The van der Waals surface area contributed by atoms with Crippen LogP contribution in [0, 0.1) is 0 Å². The van der Waals surface area contributed by atoms with Gasteiger partial charge in [0.05, 0.1) is 12.7 Å². The first-order valence-electron chi connectivity index (χ1n) is 8.40. The highest BCUT2D eigenvalue weighted by Gasteiger charge is 2.35. The third-order valence-electron chi connectivity index (χ3n) is 4.86. The lowest BCUT2D eigenvalue weighted by atomic mass is 9.74. The van der Waals surface area contributed by atoms with Crippen LogP contribution >= 0.6 is 15.9 Å². The fraction of sp³-hybridized carbons (Fsp3) is 0.350. The van der Waals surface area contributed by atoms with E-state index in [1.807, 2.05) is 36.4 Å². The van der Waals surface area contributed by atoms with Gasteiger partial charge in [0, 0.05) is 29.6 Å². The maximum absolute atomic E-state index is 12.6. The molecule has 5 heteroatoms. The number of hydrogen-bond donors (Lipinski definition) is 1. The quantitative estimate of drug-likeness (QED) is 0.822. The fourth-order valence-electron chi connectivity index (χ4n) is 3.26. The van der Waals surface area contributed by atoms with Gasteiger partial charge in [-0.3, -0.25) is 4.79 Å². The van der Waals surface area contributed by atoms with Crippen molar-refractivity contribution in [2.75, 3.05) is 26.9 Å². The first kappa shape index (κ1) is 18.0. The molecule has 25 heavy (non-hydrogen) atoms. The van der Waals surface area contributed by atoms with Crippen LogP contribution in [0.4, 0.5) is 0 Å². The lowest BCUT2D eigenvalue weighted by Gasteiger charge is -2.38. The molecule has 1 aliphatic rings. The molecule has 4 nitrogen and oxygen atoms in total. The Labute approximate surface area is 156 Å². The van der Waals surface area contributed by atoms with Crippen molar-refractivity contribution in [3.8, 4) is 5.75 Å². The van der Waals surface area contributed by atoms with Gasteiger partial charge in [0.15, 0.2) is 0 Å². The molecule has 1 heterocycles. The van der Waals surface area contributed by atoms with E-state index in [-0.39, 0.29) is 11.3 Å². The molecule has 2 aromatic carbocycles. The Hall–Kier alpha value is -1.85. The average Bonchev–Trinajstić information content (AvgIpc) is 2.67. The standard InChI is InChI=1S/C20H22BrNO3/c1-24-16-8-6-15(7-9-16)20(10-12-25-13-11-20)14-22-19(23)17-4-2-3-5-18(17)21/h2-9H,10-14H2,1H3,(H,22,23).